The standard InChI is InChI=1S/C17H20F3N5O2/c1-10-5-11(2)25(24-10)13-4-3-12(14(6-13)17(18,19)20)8-22-16(27)9-23-15(26)7-21/h3-6H,7-9,21H2,1-2H3,(H,22,27)(H,23,26). The van der Waals surface area contributed by atoms with Crippen LogP contribution in [-0.2, 0) is 22.3 Å². The van der Waals surface area contributed by atoms with E-state index >= 15 is 0 Å². The number of nitrogens with two attached hydrogens (primary N) is 1. The number of hydrogen-bond donors (Lipinski definition) is 3. The van der Waals surface area contributed by atoms with E-state index in [-0.39, 0.29) is 30.9 Å². The molecule has 0 aliphatic rings. The fourth-order valence-corrected chi connectivity index (χ4v) is 2.51. The Bertz CT molecular complexity index is 846. The first-order valence-corrected chi connectivity index (χ1v) is 8.09. The summed E-state index contributed by atoms with van der Waals surface area (Å²) in [4.78, 5) is 22.7. The second kappa shape index (κ2) is 8.21. The Morgan fingerprint density at radius 2 is 1.85 bits per heavy atom. The maximum Gasteiger partial charge on any atom is 0.416 e. The van der Waals surface area contributed by atoms with Gasteiger partial charge in [0.05, 0.1) is 30.0 Å². The monoisotopic (exact) mass is 383 g/mol. The molecule has 0 saturated heterocycles. The number of alkyl halides is 3. The molecule has 0 unspecified atom stereocenters. The average molecular weight is 383 g/mol. The number of halogens is 3. The minimum absolute atomic E-state index is 0.0914. The van der Waals surface area contributed by atoms with E-state index in [0.717, 1.165) is 6.07 Å². The fourth-order valence-electron chi connectivity index (χ4n) is 2.51. The van der Waals surface area contributed by atoms with Gasteiger partial charge < -0.3 is 16.4 Å². The van der Waals surface area contributed by atoms with Crippen molar-refractivity contribution in [1.29, 1.82) is 0 Å². The Morgan fingerprint density at radius 1 is 1.15 bits per heavy atom. The summed E-state index contributed by atoms with van der Waals surface area (Å²) in [5.74, 6) is -1.15. The van der Waals surface area contributed by atoms with E-state index < -0.39 is 23.6 Å². The van der Waals surface area contributed by atoms with Gasteiger partial charge in [-0.05, 0) is 37.6 Å². The fraction of sp³-hybridized carbons (Fsp3) is 0.353. The highest BCUT2D eigenvalue weighted by Gasteiger charge is 2.34. The molecular formula is C17H20F3N5O2. The number of carbonyl (C=O) groups excluding carboxylic acids is 2. The zero-order chi connectivity index (χ0) is 20.2. The molecule has 4 N–H and O–H groups in total. The molecule has 2 amide bonds. The summed E-state index contributed by atoms with van der Waals surface area (Å²) < 4.78 is 41.8. The molecule has 0 saturated carbocycles. The molecule has 0 fully saturated rings. The van der Waals surface area contributed by atoms with Crippen LogP contribution in [-0.4, -0.2) is 34.7 Å². The topological polar surface area (TPSA) is 102 Å². The molecular weight excluding hydrogens is 363 g/mol. The lowest BCUT2D eigenvalue weighted by atomic mass is 10.1. The van der Waals surface area contributed by atoms with Gasteiger partial charge in [0.2, 0.25) is 11.8 Å². The smallest absolute Gasteiger partial charge is 0.350 e. The van der Waals surface area contributed by atoms with Gasteiger partial charge in [-0.2, -0.15) is 18.3 Å². The SMILES string of the molecule is Cc1cc(C)n(-c2ccc(CNC(=O)CNC(=O)CN)c(C(F)(F)F)c2)n1. The van der Waals surface area contributed by atoms with Gasteiger partial charge in [-0.3, -0.25) is 9.59 Å². The maximum atomic E-state index is 13.5. The Kier molecular flexibility index (Phi) is 6.21. The number of benzene rings is 1. The van der Waals surface area contributed by atoms with Gasteiger partial charge in [0.1, 0.15) is 0 Å². The second-order valence-electron chi connectivity index (χ2n) is 5.94. The van der Waals surface area contributed by atoms with Crippen LogP contribution in [0.4, 0.5) is 13.2 Å². The molecule has 0 aliphatic carbocycles. The van der Waals surface area contributed by atoms with Crippen LogP contribution in [0, 0.1) is 13.8 Å². The molecule has 0 spiro atoms. The molecule has 0 atom stereocenters. The number of aromatic nitrogens is 2. The number of amides is 2. The highest BCUT2D eigenvalue weighted by Crippen LogP contribution is 2.33. The third kappa shape index (κ3) is 5.30. The lowest BCUT2D eigenvalue weighted by Crippen LogP contribution is -2.39. The molecule has 0 aliphatic heterocycles. The van der Waals surface area contributed by atoms with Crippen LogP contribution >= 0.6 is 0 Å². The van der Waals surface area contributed by atoms with Gasteiger partial charge in [-0.15, -0.1) is 0 Å². The predicted octanol–water partition coefficient (Wildman–Crippen LogP) is 1.20. The molecule has 0 radical (unpaired) electrons. The Balaban J connectivity index is 2.20. The minimum Gasteiger partial charge on any atom is -0.350 e. The zero-order valence-electron chi connectivity index (χ0n) is 14.9. The van der Waals surface area contributed by atoms with Gasteiger partial charge >= 0.3 is 6.18 Å². The average Bonchev–Trinajstić information content (AvgIpc) is 2.95. The van der Waals surface area contributed by atoms with Crippen molar-refractivity contribution in [3.05, 3.63) is 46.8 Å². The number of nitrogens with one attached hydrogen (secondary N) is 2. The summed E-state index contributed by atoms with van der Waals surface area (Å²) in [5.41, 5.74) is 5.81. The number of nitrogens with zero attached hydrogens (tertiary/aromatic N) is 2. The Morgan fingerprint density at radius 3 is 2.41 bits per heavy atom. The number of aryl methyl sites for hydroxylation is 2. The molecule has 27 heavy (non-hydrogen) atoms. The van der Waals surface area contributed by atoms with Crippen LogP contribution in [0.1, 0.15) is 22.5 Å². The first kappa shape index (κ1) is 20.4. The summed E-state index contributed by atoms with van der Waals surface area (Å²) in [6.07, 6.45) is -4.60. The van der Waals surface area contributed by atoms with Crippen LogP contribution in [0.15, 0.2) is 24.3 Å². The van der Waals surface area contributed by atoms with Crippen LogP contribution < -0.4 is 16.4 Å². The van der Waals surface area contributed by atoms with Crippen LogP contribution in [0.25, 0.3) is 5.69 Å². The lowest BCUT2D eigenvalue weighted by molar-refractivity contribution is -0.138. The third-order valence-corrected chi connectivity index (χ3v) is 3.76. The third-order valence-electron chi connectivity index (χ3n) is 3.76. The largest absolute Gasteiger partial charge is 0.416 e. The quantitative estimate of drug-likeness (QED) is 0.698. The summed E-state index contributed by atoms with van der Waals surface area (Å²) in [6.45, 7) is 2.53. The normalized spacial score (nSPS) is 11.3. The van der Waals surface area contributed by atoms with Crippen molar-refractivity contribution in [2.45, 2.75) is 26.6 Å². The zero-order valence-corrected chi connectivity index (χ0v) is 14.9. The minimum atomic E-state index is -4.60. The number of rotatable bonds is 6. The summed E-state index contributed by atoms with van der Waals surface area (Å²) >= 11 is 0. The molecule has 1 aromatic heterocycles. The molecule has 2 rings (SSSR count). The maximum absolute atomic E-state index is 13.5. The van der Waals surface area contributed by atoms with Crippen molar-refractivity contribution in [3.63, 3.8) is 0 Å². The van der Waals surface area contributed by atoms with Crippen LogP contribution in [0.3, 0.4) is 0 Å². The van der Waals surface area contributed by atoms with E-state index in [1.807, 2.05) is 0 Å². The summed E-state index contributed by atoms with van der Waals surface area (Å²) in [7, 11) is 0. The first-order chi connectivity index (χ1) is 12.6. The summed E-state index contributed by atoms with van der Waals surface area (Å²) in [5, 5.41) is 8.78. The molecule has 0 bridgehead atoms. The van der Waals surface area contributed by atoms with Crippen molar-refractivity contribution in [2.75, 3.05) is 13.1 Å². The lowest BCUT2D eigenvalue weighted by Gasteiger charge is -2.16. The molecule has 1 heterocycles. The van der Waals surface area contributed by atoms with Gasteiger partial charge in [0, 0.05) is 12.2 Å². The predicted molar refractivity (Wildman–Crippen MR) is 92.0 cm³/mol. The summed E-state index contributed by atoms with van der Waals surface area (Å²) in [6, 6.07) is 5.56. The van der Waals surface area contributed by atoms with E-state index in [1.165, 1.54) is 16.8 Å². The second-order valence-corrected chi connectivity index (χ2v) is 5.94. The van der Waals surface area contributed by atoms with Crippen molar-refractivity contribution >= 4 is 11.8 Å². The molecule has 10 heteroatoms. The Labute approximate surface area is 153 Å². The highest BCUT2D eigenvalue weighted by molar-refractivity contribution is 5.85. The van der Waals surface area contributed by atoms with E-state index in [4.69, 9.17) is 5.73 Å². The van der Waals surface area contributed by atoms with E-state index in [0.29, 0.717) is 11.4 Å². The van der Waals surface area contributed by atoms with Crippen molar-refractivity contribution in [2.24, 2.45) is 5.73 Å². The van der Waals surface area contributed by atoms with Gasteiger partial charge in [0.15, 0.2) is 0 Å². The highest BCUT2D eigenvalue weighted by atomic mass is 19.4. The Hall–Kier alpha value is -2.88. The number of hydrogen-bond acceptors (Lipinski definition) is 4. The van der Waals surface area contributed by atoms with E-state index in [9.17, 15) is 22.8 Å². The van der Waals surface area contributed by atoms with Crippen molar-refractivity contribution in [1.82, 2.24) is 20.4 Å². The van der Waals surface area contributed by atoms with Gasteiger partial charge in [0.25, 0.3) is 0 Å². The first-order valence-electron chi connectivity index (χ1n) is 8.09. The molecule has 146 valence electrons. The van der Waals surface area contributed by atoms with Gasteiger partial charge in [-0.25, -0.2) is 4.68 Å². The van der Waals surface area contributed by atoms with Gasteiger partial charge in [-0.1, -0.05) is 6.07 Å². The van der Waals surface area contributed by atoms with Crippen molar-refractivity contribution in [3.8, 4) is 5.69 Å². The molecule has 2 aromatic rings. The van der Waals surface area contributed by atoms with Crippen molar-refractivity contribution < 1.29 is 22.8 Å². The van der Waals surface area contributed by atoms with E-state index in [2.05, 4.69) is 15.7 Å². The van der Waals surface area contributed by atoms with Crippen LogP contribution in [0.2, 0.25) is 0 Å². The molecule has 1 aromatic carbocycles. The van der Waals surface area contributed by atoms with Crippen LogP contribution in [0.5, 0.6) is 0 Å². The number of carbonyl (C=O) groups is 2. The van der Waals surface area contributed by atoms with E-state index in [1.54, 1.807) is 19.9 Å². The molecule has 7 nitrogen and oxygen atoms in total.